The molecule has 1 aliphatic rings. The lowest BCUT2D eigenvalue weighted by Gasteiger charge is -2.41. The zero-order chi connectivity index (χ0) is 16.6. The second kappa shape index (κ2) is 6.31. The number of hydrogen-bond acceptors (Lipinski definition) is 5. The van der Waals surface area contributed by atoms with Crippen LogP contribution in [0.5, 0.6) is 0 Å². The molecule has 1 fully saturated rings. The highest BCUT2D eigenvalue weighted by molar-refractivity contribution is 9.10. The molecule has 1 saturated heterocycles. The summed E-state index contributed by atoms with van der Waals surface area (Å²) in [5.41, 5.74) is 0.665. The minimum Gasteiger partial charge on any atom is -0.465 e. The number of piperazine rings is 1. The quantitative estimate of drug-likeness (QED) is 0.845. The van der Waals surface area contributed by atoms with Crippen molar-refractivity contribution in [2.75, 3.05) is 24.5 Å². The third-order valence-corrected chi connectivity index (χ3v) is 4.54. The van der Waals surface area contributed by atoms with Crippen molar-refractivity contribution in [1.82, 2.24) is 25.1 Å². The molecule has 2 N–H and O–H groups in total. The van der Waals surface area contributed by atoms with Crippen molar-refractivity contribution in [3.05, 3.63) is 16.8 Å². The van der Waals surface area contributed by atoms with E-state index in [1.165, 1.54) is 17.1 Å². The highest BCUT2D eigenvalue weighted by atomic mass is 79.9. The highest BCUT2D eigenvalue weighted by Crippen LogP contribution is 2.32. The second-order valence-corrected chi connectivity index (χ2v) is 6.67. The molecule has 23 heavy (non-hydrogen) atoms. The van der Waals surface area contributed by atoms with Crippen molar-refractivity contribution >= 4 is 38.9 Å². The zero-order valence-corrected chi connectivity index (χ0v) is 14.5. The molecule has 1 radical (unpaired) electrons. The third-order valence-electron chi connectivity index (χ3n) is 3.96. The molecule has 1 aliphatic heterocycles. The van der Waals surface area contributed by atoms with Gasteiger partial charge in [0.1, 0.15) is 16.7 Å². The number of fused-ring (bicyclic) bond motifs is 1. The molecular formula is C14H18BrN6O2. The summed E-state index contributed by atoms with van der Waals surface area (Å²) in [6.07, 6.45) is 1.44. The number of H-pyrrole nitrogens is 1. The van der Waals surface area contributed by atoms with Crippen molar-refractivity contribution in [3.8, 4) is 0 Å². The summed E-state index contributed by atoms with van der Waals surface area (Å²) in [5.74, 6) is 2.04. The molecule has 2 aromatic rings. The van der Waals surface area contributed by atoms with E-state index in [4.69, 9.17) is 0 Å². The second-order valence-electron chi connectivity index (χ2n) is 5.92. The Morgan fingerprint density at radius 3 is 2.91 bits per heavy atom. The molecule has 0 aromatic carbocycles. The summed E-state index contributed by atoms with van der Waals surface area (Å²) in [7, 11) is 0. The van der Waals surface area contributed by atoms with Crippen LogP contribution in [0.15, 0.2) is 10.9 Å². The van der Waals surface area contributed by atoms with Crippen LogP contribution < -0.4 is 4.90 Å². The van der Waals surface area contributed by atoms with Crippen LogP contribution in [0.2, 0.25) is 0 Å². The fourth-order valence-electron chi connectivity index (χ4n) is 2.98. The van der Waals surface area contributed by atoms with Gasteiger partial charge in [-0.3, -0.25) is 5.10 Å². The van der Waals surface area contributed by atoms with E-state index in [0.717, 1.165) is 17.6 Å². The summed E-state index contributed by atoms with van der Waals surface area (Å²) < 4.78 is 0.666. The number of nitrogens with one attached hydrogen (secondary N) is 1. The maximum absolute atomic E-state index is 11.3. The Bertz CT molecular complexity index is 718. The van der Waals surface area contributed by atoms with Crippen LogP contribution in [0.25, 0.3) is 11.0 Å². The van der Waals surface area contributed by atoms with Crippen LogP contribution in [0, 0.1) is 5.92 Å². The number of carboxylic acid groups (broad SMARTS) is 1. The average Bonchev–Trinajstić information content (AvgIpc) is 2.88. The topological polar surface area (TPSA) is 98.2 Å². The predicted octanol–water partition coefficient (Wildman–Crippen LogP) is 2.29. The summed E-state index contributed by atoms with van der Waals surface area (Å²) in [4.78, 5) is 23.6. The van der Waals surface area contributed by atoms with E-state index in [-0.39, 0.29) is 6.04 Å². The van der Waals surface area contributed by atoms with E-state index < -0.39 is 6.09 Å². The molecule has 0 spiro atoms. The van der Waals surface area contributed by atoms with Gasteiger partial charge in [-0.1, -0.05) is 13.8 Å². The summed E-state index contributed by atoms with van der Waals surface area (Å²) in [5, 5.41) is 17.1. The van der Waals surface area contributed by atoms with E-state index in [1.54, 1.807) is 0 Å². The van der Waals surface area contributed by atoms with Gasteiger partial charge in [0, 0.05) is 25.7 Å². The minimum atomic E-state index is -0.874. The predicted molar refractivity (Wildman–Crippen MR) is 89.3 cm³/mol. The number of aromatic nitrogens is 4. The van der Waals surface area contributed by atoms with Crippen molar-refractivity contribution in [1.29, 1.82) is 0 Å². The number of amides is 1. The monoisotopic (exact) mass is 381 g/mol. The molecule has 0 aliphatic carbocycles. The molecule has 123 valence electrons. The summed E-state index contributed by atoms with van der Waals surface area (Å²) in [6, 6.07) is 0.0461. The Labute approximate surface area is 142 Å². The van der Waals surface area contributed by atoms with Gasteiger partial charge in [-0.2, -0.15) is 5.10 Å². The van der Waals surface area contributed by atoms with Crippen LogP contribution in [0.3, 0.4) is 0 Å². The lowest BCUT2D eigenvalue weighted by Crippen LogP contribution is -2.55. The Balaban J connectivity index is 1.98. The first-order valence-corrected chi connectivity index (χ1v) is 8.14. The van der Waals surface area contributed by atoms with Crippen molar-refractivity contribution in [2.24, 2.45) is 0 Å². The Morgan fingerprint density at radius 1 is 1.43 bits per heavy atom. The van der Waals surface area contributed by atoms with Crippen molar-refractivity contribution in [3.63, 3.8) is 0 Å². The van der Waals surface area contributed by atoms with Gasteiger partial charge in [0.25, 0.3) is 0 Å². The average molecular weight is 382 g/mol. The minimum absolute atomic E-state index is 0.0461. The van der Waals surface area contributed by atoms with Crippen molar-refractivity contribution < 1.29 is 9.90 Å². The number of halogens is 1. The molecule has 1 unspecified atom stereocenters. The molecule has 9 heteroatoms. The molecule has 0 saturated carbocycles. The van der Waals surface area contributed by atoms with Crippen LogP contribution in [0.1, 0.15) is 20.3 Å². The molecule has 8 nitrogen and oxygen atoms in total. The Hall–Kier alpha value is -1.90. The fraction of sp³-hybridized carbons (Fsp3) is 0.500. The number of aromatic amines is 1. The van der Waals surface area contributed by atoms with Gasteiger partial charge in [-0.15, -0.1) is 0 Å². The number of carbonyl (C=O) groups is 1. The third kappa shape index (κ3) is 3.10. The largest absolute Gasteiger partial charge is 0.465 e. The van der Waals surface area contributed by atoms with Crippen LogP contribution >= 0.6 is 15.9 Å². The fourth-order valence-corrected chi connectivity index (χ4v) is 3.43. The maximum atomic E-state index is 11.3. The summed E-state index contributed by atoms with van der Waals surface area (Å²) >= 11 is 3.43. The number of hydrogen-bond donors (Lipinski definition) is 2. The molecule has 1 amide bonds. The first-order valence-electron chi connectivity index (χ1n) is 7.35. The standard InChI is InChI=1S/C14H18BrN6O2/c1-8(2)5-9-6-20(14(22)23)3-4-21(9)13-10-11(15)18-19-12(10)16-7-17-13/h7,9H,3-6H2,1-2H3,(H,22,23)(H,16,17,18,19). The van der Waals surface area contributed by atoms with Crippen LogP contribution in [-0.4, -0.2) is 61.9 Å². The van der Waals surface area contributed by atoms with Gasteiger partial charge in [0.15, 0.2) is 5.65 Å². The SMILES string of the molecule is C[C](C)CC1CN(C(=O)O)CCN1c1ncnc2[nH]nc(Br)c12. The molecule has 0 bridgehead atoms. The first-order chi connectivity index (χ1) is 11.0. The molecule has 2 aromatic heterocycles. The lowest BCUT2D eigenvalue weighted by molar-refractivity contribution is 0.134. The van der Waals surface area contributed by atoms with Gasteiger partial charge < -0.3 is 14.9 Å². The maximum Gasteiger partial charge on any atom is 0.407 e. The lowest BCUT2D eigenvalue weighted by atomic mass is 10.00. The van der Waals surface area contributed by atoms with Crippen LogP contribution in [0.4, 0.5) is 10.6 Å². The van der Waals surface area contributed by atoms with Gasteiger partial charge in [0.05, 0.1) is 5.39 Å². The number of nitrogens with zero attached hydrogens (tertiary/aromatic N) is 5. The highest BCUT2D eigenvalue weighted by Gasteiger charge is 2.32. The van der Waals surface area contributed by atoms with Crippen molar-refractivity contribution in [2.45, 2.75) is 26.3 Å². The molecule has 3 rings (SSSR count). The molecule has 1 atom stereocenters. The number of anilines is 1. The first kappa shape index (κ1) is 16.0. The van der Waals surface area contributed by atoms with E-state index in [1.807, 2.05) is 0 Å². The van der Waals surface area contributed by atoms with Gasteiger partial charge in [0.2, 0.25) is 0 Å². The Kier molecular flexibility index (Phi) is 4.38. The van der Waals surface area contributed by atoms with Gasteiger partial charge >= 0.3 is 6.09 Å². The molecular weight excluding hydrogens is 364 g/mol. The van der Waals surface area contributed by atoms with E-state index >= 15 is 0 Å². The van der Waals surface area contributed by atoms with Gasteiger partial charge in [-0.05, 0) is 28.3 Å². The Morgan fingerprint density at radius 2 is 2.22 bits per heavy atom. The van der Waals surface area contributed by atoms with E-state index in [2.05, 4.69) is 54.8 Å². The zero-order valence-electron chi connectivity index (χ0n) is 13.0. The normalized spacial score (nSPS) is 18.9. The number of rotatable bonds is 3. The van der Waals surface area contributed by atoms with Crippen LogP contribution in [-0.2, 0) is 0 Å². The van der Waals surface area contributed by atoms with Gasteiger partial charge in [-0.25, -0.2) is 14.8 Å². The van der Waals surface area contributed by atoms with E-state index in [9.17, 15) is 9.90 Å². The molecule has 3 heterocycles. The van der Waals surface area contributed by atoms with E-state index in [0.29, 0.717) is 29.9 Å². The smallest absolute Gasteiger partial charge is 0.407 e. The summed E-state index contributed by atoms with van der Waals surface area (Å²) in [6.45, 7) is 5.62.